The zero-order chi connectivity index (χ0) is 16.4. The second-order valence-electron chi connectivity index (χ2n) is 5.21. The molecule has 1 aromatic carbocycles. The van der Waals surface area contributed by atoms with Gasteiger partial charge in [-0.3, -0.25) is 9.59 Å². The molecule has 5 nitrogen and oxygen atoms in total. The Morgan fingerprint density at radius 1 is 1.23 bits per heavy atom. The number of hydrogen-bond donors (Lipinski definition) is 1. The van der Waals surface area contributed by atoms with Crippen LogP contribution in [0.5, 0.6) is 5.75 Å². The molecule has 1 aromatic rings. The van der Waals surface area contributed by atoms with Crippen molar-refractivity contribution in [3.8, 4) is 5.75 Å². The lowest BCUT2D eigenvalue weighted by molar-refractivity contribution is -0.142. The summed E-state index contributed by atoms with van der Waals surface area (Å²) in [6.45, 7) is 2.15. The Bertz CT molecular complexity index is 608. The molecule has 1 aliphatic heterocycles. The molecule has 2 rings (SSSR count). The van der Waals surface area contributed by atoms with Crippen LogP contribution in [0.2, 0.25) is 15.1 Å². The van der Waals surface area contributed by atoms with Crippen molar-refractivity contribution in [2.75, 3.05) is 19.7 Å². The molecule has 0 unspecified atom stereocenters. The second kappa shape index (κ2) is 6.94. The van der Waals surface area contributed by atoms with Gasteiger partial charge < -0.3 is 14.7 Å². The highest BCUT2D eigenvalue weighted by atomic mass is 35.5. The largest absolute Gasteiger partial charge is 0.482 e. The van der Waals surface area contributed by atoms with Gasteiger partial charge >= 0.3 is 5.97 Å². The third-order valence-corrected chi connectivity index (χ3v) is 4.63. The maximum Gasteiger partial charge on any atom is 0.308 e. The predicted molar refractivity (Wildman–Crippen MR) is 83.8 cm³/mol. The number of halogens is 3. The zero-order valence-electron chi connectivity index (χ0n) is 11.7. The van der Waals surface area contributed by atoms with Crippen LogP contribution in [-0.4, -0.2) is 41.6 Å². The van der Waals surface area contributed by atoms with Crippen LogP contribution in [0.4, 0.5) is 0 Å². The van der Waals surface area contributed by atoms with E-state index < -0.39 is 11.9 Å². The molecule has 0 spiro atoms. The molecule has 0 saturated carbocycles. The number of amides is 1. The summed E-state index contributed by atoms with van der Waals surface area (Å²) in [4.78, 5) is 24.6. The summed E-state index contributed by atoms with van der Waals surface area (Å²) >= 11 is 17.6. The van der Waals surface area contributed by atoms with Gasteiger partial charge in [0.2, 0.25) is 0 Å². The lowest BCUT2D eigenvalue weighted by Gasteiger charge is -2.17. The number of aliphatic carboxylic acids is 1. The number of likely N-dealkylation sites (tertiary alicyclic amines) is 1. The molecular formula is C14H14Cl3NO4. The topological polar surface area (TPSA) is 66.8 Å². The molecule has 1 saturated heterocycles. The Morgan fingerprint density at radius 3 is 2.45 bits per heavy atom. The molecule has 2 atom stereocenters. The van der Waals surface area contributed by atoms with E-state index in [4.69, 9.17) is 44.6 Å². The van der Waals surface area contributed by atoms with Crippen molar-refractivity contribution in [2.45, 2.75) is 6.92 Å². The van der Waals surface area contributed by atoms with Crippen molar-refractivity contribution in [3.05, 3.63) is 27.2 Å². The number of rotatable bonds is 4. The van der Waals surface area contributed by atoms with E-state index in [1.54, 1.807) is 0 Å². The monoisotopic (exact) mass is 365 g/mol. The third kappa shape index (κ3) is 3.77. The Kier molecular flexibility index (Phi) is 5.42. The van der Waals surface area contributed by atoms with Gasteiger partial charge in [-0.15, -0.1) is 0 Å². The predicted octanol–water partition coefficient (Wildman–Crippen LogP) is 3.20. The molecule has 0 aliphatic carbocycles. The summed E-state index contributed by atoms with van der Waals surface area (Å²) in [7, 11) is 0. The fourth-order valence-electron chi connectivity index (χ4n) is 2.34. The summed E-state index contributed by atoms with van der Waals surface area (Å²) in [5.41, 5.74) is 0. The molecule has 8 heteroatoms. The van der Waals surface area contributed by atoms with E-state index in [0.717, 1.165) is 0 Å². The fraction of sp³-hybridized carbons (Fsp3) is 0.429. The molecular weight excluding hydrogens is 353 g/mol. The lowest BCUT2D eigenvalue weighted by Crippen LogP contribution is -2.33. The number of carboxylic acid groups (broad SMARTS) is 1. The van der Waals surface area contributed by atoms with Gasteiger partial charge in [-0.2, -0.15) is 0 Å². The van der Waals surface area contributed by atoms with E-state index in [9.17, 15) is 9.59 Å². The standard InChI is InChI=1S/C14H14Cl3NO4/c1-7-4-18(5-8(7)14(20)21)13(19)6-22-12-3-10(16)9(15)2-11(12)17/h2-3,7-8H,4-6H2,1H3,(H,20,21)/t7-,8-/m1/s1. The first kappa shape index (κ1) is 17.2. The molecule has 0 bridgehead atoms. The molecule has 120 valence electrons. The highest BCUT2D eigenvalue weighted by Gasteiger charge is 2.36. The van der Waals surface area contributed by atoms with Crippen molar-refractivity contribution in [2.24, 2.45) is 11.8 Å². The van der Waals surface area contributed by atoms with Crippen molar-refractivity contribution in [3.63, 3.8) is 0 Å². The van der Waals surface area contributed by atoms with Crippen molar-refractivity contribution in [1.29, 1.82) is 0 Å². The molecule has 0 aromatic heterocycles. The highest BCUT2D eigenvalue weighted by molar-refractivity contribution is 6.43. The van der Waals surface area contributed by atoms with E-state index in [2.05, 4.69) is 0 Å². The van der Waals surface area contributed by atoms with Gasteiger partial charge in [0, 0.05) is 19.2 Å². The summed E-state index contributed by atoms with van der Waals surface area (Å²) < 4.78 is 5.36. The van der Waals surface area contributed by atoms with E-state index in [1.165, 1.54) is 17.0 Å². The summed E-state index contributed by atoms with van der Waals surface area (Å²) in [6.07, 6.45) is 0. The average Bonchev–Trinajstić information content (AvgIpc) is 2.83. The minimum absolute atomic E-state index is 0.0879. The van der Waals surface area contributed by atoms with Crippen LogP contribution in [0.1, 0.15) is 6.92 Å². The van der Waals surface area contributed by atoms with Crippen LogP contribution in [0.25, 0.3) is 0 Å². The fourth-order valence-corrected chi connectivity index (χ4v) is 2.93. The number of carboxylic acids is 1. The van der Waals surface area contributed by atoms with E-state index >= 15 is 0 Å². The quantitative estimate of drug-likeness (QED) is 0.831. The smallest absolute Gasteiger partial charge is 0.308 e. The van der Waals surface area contributed by atoms with Gasteiger partial charge in [0.15, 0.2) is 6.61 Å². The minimum atomic E-state index is -0.892. The zero-order valence-corrected chi connectivity index (χ0v) is 14.0. The first-order valence-electron chi connectivity index (χ1n) is 6.57. The number of carbonyl (C=O) groups excluding carboxylic acids is 1. The van der Waals surface area contributed by atoms with Crippen molar-refractivity contribution >= 4 is 46.7 Å². The second-order valence-corrected chi connectivity index (χ2v) is 6.43. The van der Waals surface area contributed by atoms with Crippen molar-refractivity contribution < 1.29 is 19.4 Å². The Labute approximate surface area is 142 Å². The van der Waals surface area contributed by atoms with Gasteiger partial charge in [0.05, 0.1) is 21.0 Å². The molecule has 1 N–H and O–H groups in total. The molecule has 1 amide bonds. The lowest BCUT2D eigenvalue weighted by atomic mass is 9.99. The average molecular weight is 367 g/mol. The molecule has 1 heterocycles. The maximum atomic E-state index is 12.1. The number of hydrogen-bond acceptors (Lipinski definition) is 3. The maximum absolute atomic E-state index is 12.1. The first-order chi connectivity index (χ1) is 10.3. The van der Waals surface area contributed by atoms with Crippen LogP contribution >= 0.6 is 34.8 Å². The van der Waals surface area contributed by atoms with Gasteiger partial charge in [-0.1, -0.05) is 41.7 Å². The van der Waals surface area contributed by atoms with E-state index in [0.29, 0.717) is 11.6 Å². The molecule has 0 radical (unpaired) electrons. The highest BCUT2D eigenvalue weighted by Crippen LogP contribution is 2.34. The summed E-state index contributed by atoms with van der Waals surface area (Å²) in [5.74, 6) is -1.56. The molecule has 22 heavy (non-hydrogen) atoms. The number of benzene rings is 1. The van der Waals surface area contributed by atoms with Crippen LogP contribution in [-0.2, 0) is 9.59 Å². The van der Waals surface area contributed by atoms with Crippen molar-refractivity contribution in [1.82, 2.24) is 4.90 Å². The normalized spacial score (nSPS) is 21.0. The van der Waals surface area contributed by atoms with E-state index in [-0.39, 0.29) is 40.8 Å². The molecule has 1 aliphatic rings. The number of nitrogens with zero attached hydrogens (tertiary/aromatic N) is 1. The number of ether oxygens (including phenoxy) is 1. The van der Waals surface area contributed by atoms with Crippen LogP contribution < -0.4 is 4.74 Å². The van der Waals surface area contributed by atoms with Gasteiger partial charge in [-0.25, -0.2) is 0 Å². The first-order valence-corrected chi connectivity index (χ1v) is 7.71. The van der Waals surface area contributed by atoms with Crippen LogP contribution in [0.15, 0.2) is 12.1 Å². The van der Waals surface area contributed by atoms with Gasteiger partial charge in [-0.05, 0) is 12.0 Å². The van der Waals surface area contributed by atoms with Crippen LogP contribution in [0.3, 0.4) is 0 Å². The minimum Gasteiger partial charge on any atom is -0.482 e. The Balaban J connectivity index is 1.97. The summed E-state index contributed by atoms with van der Waals surface area (Å²) in [5, 5.41) is 9.89. The molecule has 1 fully saturated rings. The Hall–Kier alpha value is -1.17. The third-order valence-electron chi connectivity index (χ3n) is 3.61. The number of carbonyl (C=O) groups is 2. The van der Waals surface area contributed by atoms with Crippen LogP contribution in [0, 0.1) is 11.8 Å². The van der Waals surface area contributed by atoms with Gasteiger partial charge in [0.25, 0.3) is 5.91 Å². The SMILES string of the molecule is C[C@@H]1CN(C(=O)COc2cc(Cl)c(Cl)cc2Cl)C[C@H]1C(=O)O. The van der Waals surface area contributed by atoms with Gasteiger partial charge in [0.1, 0.15) is 5.75 Å². The Morgan fingerprint density at radius 2 is 1.86 bits per heavy atom. The van der Waals surface area contributed by atoms with E-state index in [1.807, 2.05) is 6.92 Å². The summed E-state index contributed by atoms with van der Waals surface area (Å²) in [6, 6.07) is 2.87.